The van der Waals surface area contributed by atoms with Gasteiger partial charge in [-0.3, -0.25) is 19.7 Å². The zero-order chi connectivity index (χ0) is 32.1. The Labute approximate surface area is 265 Å². The van der Waals surface area contributed by atoms with Crippen LogP contribution in [0.2, 0.25) is 0 Å². The van der Waals surface area contributed by atoms with E-state index in [2.05, 4.69) is 30.1 Å². The quantitative estimate of drug-likeness (QED) is 0.206. The molecule has 1 fully saturated rings. The van der Waals surface area contributed by atoms with Crippen molar-refractivity contribution in [2.45, 2.75) is 65.2 Å². The first-order valence-corrected chi connectivity index (χ1v) is 15.8. The van der Waals surface area contributed by atoms with Gasteiger partial charge in [-0.05, 0) is 74.3 Å². The molecule has 238 valence electrons. The molecule has 3 atom stereocenters. The maximum Gasteiger partial charge on any atom is 0.435 e. The van der Waals surface area contributed by atoms with E-state index >= 15 is 0 Å². The Morgan fingerprint density at radius 1 is 1.09 bits per heavy atom. The summed E-state index contributed by atoms with van der Waals surface area (Å²) < 4.78 is 48.6. The second-order valence-electron chi connectivity index (χ2n) is 11.3. The van der Waals surface area contributed by atoms with Gasteiger partial charge < -0.3 is 15.0 Å². The van der Waals surface area contributed by atoms with E-state index in [1.165, 1.54) is 6.20 Å². The molecule has 45 heavy (non-hydrogen) atoms. The molecule has 4 aromatic rings. The highest BCUT2D eigenvalue weighted by atomic mass is 32.1. The van der Waals surface area contributed by atoms with Crippen LogP contribution in [0.25, 0.3) is 10.7 Å². The predicted molar refractivity (Wildman–Crippen MR) is 169 cm³/mol. The molecular formula is C33H37F3N6O2S. The van der Waals surface area contributed by atoms with Crippen molar-refractivity contribution < 1.29 is 22.7 Å². The molecule has 8 nitrogen and oxygen atoms in total. The van der Waals surface area contributed by atoms with Crippen LogP contribution in [0.5, 0.6) is 0 Å². The van der Waals surface area contributed by atoms with Gasteiger partial charge in [0.2, 0.25) is 0 Å². The summed E-state index contributed by atoms with van der Waals surface area (Å²) in [5.74, 6) is -0.831. The second-order valence-corrected chi connectivity index (χ2v) is 12.3. The molecule has 1 aliphatic rings. The Hall–Kier alpha value is -3.87. The molecule has 5 rings (SSSR count). The number of amides is 1. The average Bonchev–Trinajstić information content (AvgIpc) is 3.48. The Bertz CT molecular complexity index is 1590. The summed E-state index contributed by atoms with van der Waals surface area (Å²) in [5, 5.41) is 2.82. The Morgan fingerprint density at radius 3 is 2.51 bits per heavy atom. The summed E-state index contributed by atoms with van der Waals surface area (Å²) in [6.45, 7) is 11.1. The number of aromatic nitrogens is 3. The van der Waals surface area contributed by atoms with Crippen molar-refractivity contribution >= 4 is 22.9 Å². The van der Waals surface area contributed by atoms with E-state index < -0.39 is 28.7 Å². The standard InChI is InChI=1S/C33H37F3N6O2S/c1-5-41(19-24-11-14-37-15-12-24)20-26-9-7-13-38-28(26)32-40-30(33(34,35)36)29(45-32)31(43)39-23(4)25-8-6-10-27(16-25)42-17-21(2)44-22(3)18-42/h6-16,21-23H,5,17-20H2,1-4H3,(H,39,43)/t21?,22?,23-/m0/s1. The molecule has 1 amide bonds. The lowest BCUT2D eigenvalue weighted by Crippen LogP contribution is -2.45. The minimum atomic E-state index is -4.82. The van der Waals surface area contributed by atoms with E-state index in [4.69, 9.17) is 4.74 Å². The average molecular weight is 639 g/mol. The number of rotatable bonds is 10. The number of hydrogen-bond donors (Lipinski definition) is 1. The summed E-state index contributed by atoms with van der Waals surface area (Å²) in [4.78, 5) is 29.7. The molecule has 4 heterocycles. The van der Waals surface area contributed by atoms with Crippen molar-refractivity contribution in [2.24, 2.45) is 0 Å². The monoisotopic (exact) mass is 638 g/mol. The smallest absolute Gasteiger partial charge is 0.372 e. The number of halogens is 3. The number of hydrogen-bond acceptors (Lipinski definition) is 8. The van der Waals surface area contributed by atoms with Gasteiger partial charge in [0.25, 0.3) is 5.91 Å². The molecule has 3 aromatic heterocycles. The maximum absolute atomic E-state index is 14.2. The molecule has 0 saturated carbocycles. The molecule has 0 radical (unpaired) electrons. The number of pyridine rings is 2. The minimum Gasteiger partial charge on any atom is -0.372 e. The Balaban J connectivity index is 1.38. The van der Waals surface area contributed by atoms with Gasteiger partial charge in [-0.25, -0.2) is 4.98 Å². The lowest BCUT2D eigenvalue weighted by Gasteiger charge is -2.37. The summed E-state index contributed by atoms with van der Waals surface area (Å²) in [7, 11) is 0. The van der Waals surface area contributed by atoms with Crippen molar-refractivity contribution in [3.05, 3.63) is 94.4 Å². The van der Waals surface area contributed by atoms with E-state index in [0.29, 0.717) is 36.7 Å². The Morgan fingerprint density at radius 2 is 1.82 bits per heavy atom. The number of anilines is 1. The van der Waals surface area contributed by atoms with E-state index in [1.807, 2.05) is 63.2 Å². The highest BCUT2D eigenvalue weighted by Gasteiger charge is 2.40. The fourth-order valence-corrected chi connectivity index (χ4v) is 6.54. The summed E-state index contributed by atoms with van der Waals surface area (Å²) in [6, 6.07) is 14.6. The van der Waals surface area contributed by atoms with Gasteiger partial charge in [0.05, 0.1) is 18.2 Å². The highest BCUT2D eigenvalue weighted by Crippen LogP contribution is 2.38. The van der Waals surface area contributed by atoms with Crippen LogP contribution >= 0.6 is 11.3 Å². The van der Waals surface area contributed by atoms with Gasteiger partial charge in [0.15, 0.2) is 5.69 Å². The number of nitrogens with one attached hydrogen (secondary N) is 1. The van der Waals surface area contributed by atoms with Crippen molar-refractivity contribution in [1.82, 2.24) is 25.2 Å². The molecule has 0 bridgehead atoms. The van der Waals surface area contributed by atoms with Gasteiger partial charge in [0.1, 0.15) is 15.6 Å². The first-order chi connectivity index (χ1) is 21.5. The van der Waals surface area contributed by atoms with Crippen molar-refractivity contribution in [1.29, 1.82) is 0 Å². The first kappa shape index (κ1) is 32.5. The van der Waals surface area contributed by atoms with E-state index in [9.17, 15) is 18.0 Å². The summed E-state index contributed by atoms with van der Waals surface area (Å²) in [6.07, 6.45) is 0.297. The normalized spacial score (nSPS) is 17.8. The molecule has 1 N–H and O–H groups in total. The molecule has 1 aromatic carbocycles. The van der Waals surface area contributed by atoms with Crippen LogP contribution in [0.1, 0.15) is 65.8 Å². The number of carbonyl (C=O) groups excluding carboxylic acids is 1. The number of benzene rings is 1. The van der Waals surface area contributed by atoms with Crippen LogP contribution in [0.15, 0.2) is 67.1 Å². The number of thiazole rings is 1. The summed E-state index contributed by atoms with van der Waals surface area (Å²) in [5.41, 5.74) is 2.66. The zero-order valence-electron chi connectivity index (χ0n) is 25.7. The van der Waals surface area contributed by atoms with Crippen molar-refractivity contribution in [2.75, 3.05) is 24.5 Å². The molecule has 1 aliphatic heterocycles. The second kappa shape index (κ2) is 14.1. The molecule has 2 unspecified atom stereocenters. The molecule has 12 heteroatoms. The van der Waals surface area contributed by atoms with E-state index in [0.717, 1.165) is 35.5 Å². The van der Waals surface area contributed by atoms with E-state index in [-0.39, 0.29) is 17.2 Å². The lowest BCUT2D eigenvalue weighted by molar-refractivity contribution is -0.141. The predicted octanol–water partition coefficient (Wildman–Crippen LogP) is 6.75. The third kappa shape index (κ3) is 8.05. The minimum absolute atomic E-state index is 0.0493. The molecular weight excluding hydrogens is 601 g/mol. The van der Waals surface area contributed by atoms with Gasteiger partial charge in [-0.15, -0.1) is 11.3 Å². The molecule has 0 spiro atoms. The first-order valence-electron chi connectivity index (χ1n) is 15.0. The van der Waals surface area contributed by atoms with Gasteiger partial charge in [-0.2, -0.15) is 13.2 Å². The number of alkyl halides is 3. The van der Waals surface area contributed by atoms with Gasteiger partial charge >= 0.3 is 6.18 Å². The zero-order valence-corrected chi connectivity index (χ0v) is 26.5. The van der Waals surface area contributed by atoms with Crippen LogP contribution in [0.4, 0.5) is 18.9 Å². The summed E-state index contributed by atoms with van der Waals surface area (Å²) >= 11 is 0.709. The Kier molecular flexibility index (Phi) is 10.2. The number of nitrogens with zero attached hydrogens (tertiary/aromatic N) is 5. The highest BCUT2D eigenvalue weighted by molar-refractivity contribution is 7.17. The van der Waals surface area contributed by atoms with Crippen molar-refractivity contribution in [3.8, 4) is 10.7 Å². The van der Waals surface area contributed by atoms with E-state index in [1.54, 1.807) is 25.4 Å². The van der Waals surface area contributed by atoms with Gasteiger partial charge in [-0.1, -0.05) is 25.1 Å². The number of carbonyl (C=O) groups is 1. The fourth-order valence-electron chi connectivity index (χ4n) is 5.52. The van der Waals surface area contributed by atoms with Crippen LogP contribution < -0.4 is 10.2 Å². The van der Waals surface area contributed by atoms with Crippen molar-refractivity contribution in [3.63, 3.8) is 0 Å². The molecule has 1 saturated heterocycles. The van der Waals surface area contributed by atoms with Gasteiger partial charge in [0, 0.05) is 50.5 Å². The maximum atomic E-state index is 14.2. The lowest BCUT2D eigenvalue weighted by atomic mass is 10.1. The fraction of sp³-hybridized carbons (Fsp3) is 0.394. The largest absolute Gasteiger partial charge is 0.435 e. The SMILES string of the molecule is CCN(Cc1ccncc1)Cc1cccnc1-c1nc(C(F)(F)F)c(C(=O)N[C@@H](C)c2cccc(N3CC(C)OC(C)C3)c2)s1. The topological polar surface area (TPSA) is 83.5 Å². The van der Waals surface area contributed by atoms with Crippen LogP contribution in [0.3, 0.4) is 0 Å². The van der Waals surface area contributed by atoms with Crippen LogP contribution in [0, 0.1) is 0 Å². The molecule has 0 aliphatic carbocycles. The third-order valence-corrected chi connectivity index (χ3v) is 8.76. The third-order valence-electron chi connectivity index (χ3n) is 7.70. The van der Waals surface area contributed by atoms with Crippen LogP contribution in [-0.4, -0.2) is 57.6 Å². The number of ether oxygens (including phenoxy) is 1. The van der Waals surface area contributed by atoms with Crippen LogP contribution in [-0.2, 0) is 24.0 Å². The number of morpholine rings is 1.